The Bertz CT molecular complexity index is 419. The first-order chi connectivity index (χ1) is 7.56. The van der Waals surface area contributed by atoms with E-state index in [-0.39, 0.29) is 11.3 Å². The molecule has 0 aliphatic heterocycles. The Hall–Kier alpha value is -1.43. The van der Waals surface area contributed by atoms with E-state index in [9.17, 15) is 14.9 Å². The van der Waals surface area contributed by atoms with Crippen molar-refractivity contribution in [2.24, 2.45) is 0 Å². The molecular formula is C10H10BrNO4. The summed E-state index contributed by atoms with van der Waals surface area (Å²) in [6.45, 7) is 2.17. The number of benzene rings is 1. The predicted molar refractivity (Wildman–Crippen MR) is 61.4 cm³/mol. The Morgan fingerprint density at radius 2 is 2.25 bits per heavy atom. The van der Waals surface area contributed by atoms with Crippen LogP contribution in [-0.2, 0) is 4.74 Å². The first-order valence-electron chi connectivity index (χ1n) is 4.67. The molecule has 0 radical (unpaired) electrons. The molecule has 0 atom stereocenters. The molecule has 0 aliphatic carbocycles. The van der Waals surface area contributed by atoms with Crippen LogP contribution in [0.5, 0.6) is 0 Å². The van der Waals surface area contributed by atoms with Crippen molar-refractivity contribution in [2.75, 3.05) is 6.61 Å². The minimum Gasteiger partial charge on any atom is -0.462 e. The van der Waals surface area contributed by atoms with E-state index >= 15 is 0 Å². The van der Waals surface area contributed by atoms with E-state index in [1.54, 1.807) is 0 Å². The SMILES string of the molecule is CCCOC(=O)c1cc([N+](=O)[O-])ccc1Br. The van der Waals surface area contributed by atoms with E-state index in [1.165, 1.54) is 18.2 Å². The highest BCUT2D eigenvalue weighted by Crippen LogP contribution is 2.23. The van der Waals surface area contributed by atoms with Crippen LogP contribution < -0.4 is 0 Å². The van der Waals surface area contributed by atoms with E-state index in [1.807, 2.05) is 6.92 Å². The third-order valence-corrected chi connectivity index (χ3v) is 2.51. The summed E-state index contributed by atoms with van der Waals surface area (Å²) in [5.74, 6) is -0.558. The summed E-state index contributed by atoms with van der Waals surface area (Å²) in [6.07, 6.45) is 0.707. The van der Waals surface area contributed by atoms with Gasteiger partial charge in [-0.2, -0.15) is 0 Å². The minimum absolute atomic E-state index is 0.133. The molecule has 0 spiro atoms. The van der Waals surface area contributed by atoms with Gasteiger partial charge in [-0.3, -0.25) is 10.1 Å². The predicted octanol–water partition coefficient (Wildman–Crippen LogP) is 2.92. The monoisotopic (exact) mass is 287 g/mol. The molecule has 0 saturated heterocycles. The van der Waals surface area contributed by atoms with E-state index in [0.717, 1.165) is 0 Å². The molecule has 5 nitrogen and oxygen atoms in total. The second kappa shape index (κ2) is 5.60. The first kappa shape index (κ1) is 12.6. The summed E-state index contributed by atoms with van der Waals surface area (Å²) >= 11 is 3.15. The Morgan fingerprint density at radius 1 is 1.56 bits per heavy atom. The fraction of sp³-hybridized carbons (Fsp3) is 0.300. The first-order valence-corrected chi connectivity index (χ1v) is 5.46. The van der Waals surface area contributed by atoms with Crippen LogP contribution in [0.15, 0.2) is 22.7 Å². The molecule has 0 heterocycles. The fourth-order valence-corrected chi connectivity index (χ4v) is 1.46. The van der Waals surface area contributed by atoms with Gasteiger partial charge >= 0.3 is 5.97 Å². The normalized spacial score (nSPS) is 9.88. The second-order valence-corrected chi connectivity index (χ2v) is 3.91. The van der Waals surface area contributed by atoms with Crippen molar-refractivity contribution in [3.63, 3.8) is 0 Å². The van der Waals surface area contributed by atoms with Crippen LogP contribution in [0.3, 0.4) is 0 Å². The van der Waals surface area contributed by atoms with E-state index in [0.29, 0.717) is 17.5 Å². The molecule has 1 aromatic carbocycles. The number of nitrogens with zero attached hydrogens (tertiary/aromatic N) is 1. The standard InChI is InChI=1S/C10H10BrNO4/c1-2-5-16-10(13)8-6-7(12(14)15)3-4-9(8)11/h3-4,6H,2,5H2,1H3. The van der Waals surface area contributed by atoms with Gasteiger partial charge in [0.05, 0.1) is 17.1 Å². The lowest BCUT2D eigenvalue weighted by atomic mass is 10.2. The van der Waals surface area contributed by atoms with Crippen molar-refractivity contribution in [3.05, 3.63) is 38.3 Å². The number of halogens is 1. The van der Waals surface area contributed by atoms with Gasteiger partial charge in [-0.05, 0) is 28.4 Å². The number of nitro benzene ring substituents is 1. The highest BCUT2D eigenvalue weighted by molar-refractivity contribution is 9.10. The van der Waals surface area contributed by atoms with Crippen LogP contribution >= 0.6 is 15.9 Å². The second-order valence-electron chi connectivity index (χ2n) is 3.06. The molecule has 0 fully saturated rings. The van der Waals surface area contributed by atoms with Crippen LogP contribution in [0.2, 0.25) is 0 Å². The van der Waals surface area contributed by atoms with Crippen LogP contribution in [0.1, 0.15) is 23.7 Å². The number of esters is 1. The van der Waals surface area contributed by atoms with Gasteiger partial charge in [0, 0.05) is 16.6 Å². The van der Waals surface area contributed by atoms with Gasteiger partial charge in [0.1, 0.15) is 0 Å². The smallest absolute Gasteiger partial charge is 0.339 e. The molecule has 0 saturated carbocycles. The number of ether oxygens (including phenoxy) is 1. The minimum atomic E-state index is -0.558. The summed E-state index contributed by atoms with van der Waals surface area (Å²) in [7, 11) is 0. The van der Waals surface area contributed by atoms with E-state index in [4.69, 9.17) is 4.74 Å². The van der Waals surface area contributed by atoms with Crippen molar-refractivity contribution in [1.82, 2.24) is 0 Å². The number of carbonyl (C=O) groups excluding carboxylic acids is 1. The maximum atomic E-state index is 11.5. The average Bonchev–Trinajstić information content (AvgIpc) is 2.26. The van der Waals surface area contributed by atoms with Crippen molar-refractivity contribution in [2.45, 2.75) is 13.3 Å². The summed E-state index contributed by atoms with van der Waals surface area (Å²) in [5, 5.41) is 10.5. The van der Waals surface area contributed by atoms with Crippen molar-refractivity contribution >= 4 is 27.6 Å². The van der Waals surface area contributed by atoms with Gasteiger partial charge in [0.25, 0.3) is 5.69 Å². The highest BCUT2D eigenvalue weighted by Gasteiger charge is 2.16. The lowest BCUT2D eigenvalue weighted by Gasteiger charge is -2.04. The third-order valence-electron chi connectivity index (χ3n) is 1.82. The van der Waals surface area contributed by atoms with Crippen molar-refractivity contribution in [1.29, 1.82) is 0 Å². The number of hydrogen-bond acceptors (Lipinski definition) is 4. The molecule has 86 valence electrons. The number of hydrogen-bond donors (Lipinski definition) is 0. The zero-order valence-corrected chi connectivity index (χ0v) is 10.2. The Labute approximate surface area is 101 Å². The van der Waals surface area contributed by atoms with Gasteiger partial charge in [0.2, 0.25) is 0 Å². The number of non-ortho nitro benzene ring substituents is 1. The quantitative estimate of drug-likeness (QED) is 0.485. The van der Waals surface area contributed by atoms with Gasteiger partial charge in [-0.1, -0.05) is 6.92 Å². The molecule has 0 aliphatic rings. The summed E-state index contributed by atoms with van der Waals surface area (Å²) in [4.78, 5) is 21.5. The number of rotatable bonds is 4. The highest BCUT2D eigenvalue weighted by atomic mass is 79.9. The van der Waals surface area contributed by atoms with Crippen molar-refractivity contribution in [3.8, 4) is 0 Å². The molecule has 0 amide bonds. The molecule has 6 heteroatoms. The zero-order valence-electron chi connectivity index (χ0n) is 8.60. The molecule has 0 aromatic heterocycles. The Kier molecular flexibility index (Phi) is 4.42. The van der Waals surface area contributed by atoms with Crippen LogP contribution in [0.4, 0.5) is 5.69 Å². The zero-order chi connectivity index (χ0) is 12.1. The van der Waals surface area contributed by atoms with E-state index in [2.05, 4.69) is 15.9 Å². The molecule has 0 bridgehead atoms. The third kappa shape index (κ3) is 3.03. The van der Waals surface area contributed by atoms with Gasteiger partial charge < -0.3 is 4.74 Å². The van der Waals surface area contributed by atoms with Gasteiger partial charge in [-0.25, -0.2) is 4.79 Å². The van der Waals surface area contributed by atoms with Crippen molar-refractivity contribution < 1.29 is 14.5 Å². The van der Waals surface area contributed by atoms with Crippen LogP contribution in [0.25, 0.3) is 0 Å². The maximum Gasteiger partial charge on any atom is 0.339 e. The van der Waals surface area contributed by atoms with Crippen LogP contribution in [-0.4, -0.2) is 17.5 Å². The summed E-state index contributed by atoms with van der Waals surface area (Å²) in [6, 6.07) is 3.98. The Morgan fingerprint density at radius 3 is 2.81 bits per heavy atom. The average molecular weight is 288 g/mol. The molecule has 0 unspecified atom stereocenters. The maximum absolute atomic E-state index is 11.5. The number of carbonyl (C=O) groups is 1. The topological polar surface area (TPSA) is 69.4 Å². The number of nitro groups is 1. The molecule has 0 N–H and O–H groups in total. The largest absolute Gasteiger partial charge is 0.462 e. The van der Waals surface area contributed by atoms with Gasteiger partial charge in [-0.15, -0.1) is 0 Å². The van der Waals surface area contributed by atoms with Gasteiger partial charge in [0.15, 0.2) is 0 Å². The molecule has 1 rings (SSSR count). The van der Waals surface area contributed by atoms with E-state index < -0.39 is 10.9 Å². The lowest BCUT2D eigenvalue weighted by molar-refractivity contribution is -0.384. The fourth-order valence-electron chi connectivity index (χ4n) is 1.06. The van der Waals surface area contributed by atoms with Crippen LogP contribution in [0, 0.1) is 10.1 Å². The summed E-state index contributed by atoms with van der Waals surface area (Å²) in [5.41, 5.74) is 0.0364. The molecule has 1 aromatic rings. The summed E-state index contributed by atoms with van der Waals surface area (Å²) < 4.78 is 5.39. The Balaban J connectivity index is 2.97. The molecule has 16 heavy (non-hydrogen) atoms. The lowest BCUT2D eigenvalue weighted by Crippen LogP contribution is -2.07. The molecular weight excluding hydrogens is 278 g/mol.